The molecule has 1 nitrogen and oxygen atoms in total. The highest BCUT2D eigenvalue weighted by Crippen LogP contribution is 2.75. The maximum Gasteiger partial charge on any atom is 0.0754 e. The molecule has 4 aliphatic carbocycles. The van der Waals surface area contributed by atoms with Crippen LogP contribution in [-0.4, -0.2) is 21.6 Å². The van der Waals surface area contributed by atoms with Crippen molar-refractivity contribution in [2.24, 2.45) is 40.4 Å². The zero-order chi connectivity index (χ0) is 19.3. The van der Waals surface area contributed by atoms with Gasteiger partial charge in [0.05, 0.1) is 7.85 Å². The summed E-state index contributed by atoms with van der Waals surface area (Å²) in [6.07, 6.45) is 16.7. The van der Waals surface area contributed by atoms with Gasteiger partial charge in [-0.15, -0.1) is 0 Å². The quantitative estimate of drug-likeness (QED) is 0.381. The van der Waals surface area contributed by atoms with Gasteiger partial charge in [-0.3, -0.25) is 0 Å². The van der Waals surface area contributed by atoms with Crippen molar-refractivity contribution >= 4 is 7.85 Å². The van der Waals surface area contributed by atoms with Crippen LogP contribution in [0.15, 0.2) is 0 Å². The molecule has 8 atom stereocenters. The Labute approximate surface area is 170 Å². The van der Waals surface area contributed by atoms with Crippen molar-refractivity contribution in [1.29, 1.82) is 0 Å². The lowest BCUT2D eigenvalue weighted by molar-refractivity contribution is -0.126. The zero-order valence-electron chi connectivity index (χ0n) is 18.6. The molecule has 0 spiro atoms. The first-order valence-corrected chi connectivity index (χ1v) is 12.2. The van der Waals surface area contributed by atoms with Crippen LogP contribution >= 0.6 is 0 Å². The highest BCUT2D eigenvalue weighted by Gasteiger charge is 2.65. The molecule has 0 aromatic heterocycles. The van der Waals surface area contributed by atoms with Crippen LogP contribution in [0.2, 0.25) is 5.31 Å². The molecule has 0 aromatic rings. The lowest BCUT2D eigenvalue weighted by atomic mass is 9.32. The van der Waals surface area contributed by atoms with Crippen molar-refractivity contribution < 1.29 is 4.74 Å². The van der Waals surface area contributed by atoms with Crippen molar-refractivity contribution in [2.45, 2.75) is 103 Å². The van der Waals surface area contributed by atoms with Gasteiger partial charge in [-0.25, -0.2) is 0 Å². The summed E-state index contributed by atoms with van der Waals surface area (Å²) in [5.41, 5.74) is 0.997. The van der Waals surface area contributed by atoms with Crippen LogP contribution in [0.5, 0.6) is 0 Å². The van der Waals surface area contributed by atoms with Crippen LogP contribution in [0, 0.1) is 40.4 Å². The summed E-state index contributed by atoms with van der Waals surface area (Å²) in [7, 11) is 9.43. The van der Waals surface area contributed by atoms with E-state index in [1.807, 2.05) is 7.11 Å². The molecule has 2 heteroatoms. The Bertz CT molecular complexity index is 534. The average molecular weight is 370 g/mol. The van der Waals surface area contributed by atoms with E-state index >= 15 is 0 Å². The van der Waals surface area contributed by atoms with E-state index in [2.05, 4.69) is 20.8 Å². The lowest BCUT2D eigenvalue weighted by Gasteiger charge is -2.68. The minimum atomic E-state index is 0.103. The molecule has 0 N–H and O–H groups in total. The van der Waals surface area contributed by atoms with Crippen molar-refractivity contribution in [3.63, 3.8) is 0 Å². The summed E-state index contributed by atoms with van der Waals surface area (Å²) < 4.78 is 5.35. The molecule has 0 saturated heterocycles. The summed E-state index contributed by atoms with van der Waals surface area (Å²) in [5, 5.41) is 0.103. The van der Waals surface area contributed by atoms with E-state index in [-0.39, 0.29) is 5.31 Å². The fraction of sp³-hybridized carbons (Fsp3) is 1.00. The predicted molar refractivity (Wildman–Crippen MR) is 115 cm³/mol. The molecule has 0 aromatic carbocycles. The normalized spacial score (nSPS) is 52.1. The highest BCUT2D eigenvalue weighted by atomic mass is 16.5. The van der Waals surface area contributed by atoms with Crippen molar-refractivity contribution in [2.75, 3.05) is 13.7 Å². The van der Waals surface area contributed by atoms with Gasteiger partial charge < -0.3 is 4.74 Å². The molecule has 0 heterocycles. The Hall–Kier alpha value is 0.0249. The van der Waals surface area contributed by atoms with E-state index in [1.165, 1.54) is 77.0 Å². The predicted octanol–water partition coefficient (Wildman–Crippen LogP) is 6.81. The number of hydrogen-bond acceptors (Lipinski definition) is 1. The third-order valence-corrected chi connectivity index (χ3v) is 10.5. The van der Waals surface area contributed by atoms with Gasteiger partial charge >= 0.3 is 0 Å². The third kappa shape index (κ3) is 2.98. The Morgan fingerprint density at radius 1 is 0.963 bits per heavy atom. The fourth-order valence-corrected chi connectivity index (χ4v) is 9.33. The molecule has 0 aliphatic heterocycles. The molecule has 4 rings (SSSR count). The van der Waals surface area contributed by atoms with Crippen LogP contribution in [0.25, 0.3) is 0 Å². The highest BCUT2D eigenvalue weighted by molar-refractivity contribution is 6.16. The Morgan fingerprint density at radius 3 is 2.48 bits per heavy atom. The van der Waals surface area contributed by atoms with Gasteiger partial charge in [0.1, 0.15) is 0 Å². The van der Waals surface area contributed by atoms with E-state index in [0.29, 0.717) is 10.8 Å². The summed E-state index contributed by atoms with van der Waals surface area (Å²) in [6, 6.07) is 0. The molecule has 4 saturated carbocycles. The van der Waals surface area contributed by atoms with E-state index in [9.17, 15) is 0 Å². The number of fused-ring (bicyclic) bond motifs is 5. The number of methoxy groups -OCH3 is 1. The van der Waals surface area contributed by atoms with E-state index in [4.69, 9.17) is 12.6 Å². The molecular weight excluding hydrogens is 327 g/mol. The zero-order valence-corrected chi connectivity index (χ0v) is 18.6. The van der Waals surface area contributed by atoms with Gasteiger partial charge in [0, 0.05) is 13.7 Å². The minimum Gasteiger partial charge on any atom is -0.385 e. The van der Waals surface area contributed by atoms with Crippen molar-refractivity contribution in [3.8, 4) is 0 Å². The first kappa shape index (κ1) is 20.3. The van der Waals surface area contributed by atoms with Crippen LogP contribution in [0.4, 0.5) is 0 Å². The Kier molecular flexibility index (Phi) is 5.54. The Balaban J connectivity index is 1.62. The van der Waals surface area contributed by atoms with Gasteiger partial charge in [0.2, 0.25) is 0 Å². The first-order valence-electron chi connectivity index (χ1n) is 12.2. The second kappa shape index (κ2) is 7.37. The first-order chi connectivity index (χ1) is 12.9. The minimum absolute atomic E-state index is 0.103. The van der Waals surface area contributed by atoms with Gasteiger partial charge in [0.15, 0.2) is 0 Å². The van der Waals surface area contributed by atoms with Gasteiger partial charge in [0.25, 0.3) is 0 Å². The summed E-state index contributed by atoms with van der Waals surface area (Å²) in [6.45, 7) is 8.65. The van der Waals surface area contributed by atoms with E-state index < -0.39 is 0 Å². The van der Waals surface area contributed by atoms with Crippen molar-refractivity contribution in [3.05, 3.63) is 0 Å². The number of rotatable bonds is 5. The molecule has 4 aliphatic rings. The largest absolute Gasteiger partial charge is 0.385 e. The molecule has 2 radical (unpaired) electrons. The number of hydrogen-bond donors (Lipinski definition) is 0. The summed E-state index contributed by atoms with van der Waals surface area (Å²) >= 11 is 0. The van der Waals surface area contributed by atoms with Gasteiger partial charge in [-0.2, -0.15) is 0 Å². The molecule has 27 heavy (non-hydrogen) atoms. The molecule has 0 bridgehead atoms. The third-order valence-electron chi connectivity index (χ3n) is 10.5. The summed E-state index contributed by atoms with van der Waals surface area (Å²) in [5.74, 6) is 4.21. The monoisotopic (exact) mass is 370 g/mol. The maximum atomic E-state index is 7.59. The summed E-state index contributed by atoms with van der Waals surface area (Å²) in [4.78, 5) is 0. The lowest BCUT2D eigenvalue weighted by Crippen LogP contribution is -2.58. The van der Waals surface area contributed by atoms with E-state index in [0.717, 1.165) is 36.2 Å². The molecule has 4 fully saturated rings. The SMILES string of the molecule is [B]C12C[C@H](CC)C3CCCCC3(C)[C@H]1CCC1(C)C(CCCOC)CCC12. The fourth-order valence-electron chi connectivity index (χ4n) is 9.33. The topological polar surface area (TPSA) is 9.23 Å². The maximum absolute atomic E-state index is 7.59. The average Bonchev–Trinajstić information content (AvgIpc) is 2.98. The Morgan fingerprint density at radius 2 is 1.74 bits per heavy atom. The number of ether oxygens (including phenoxy) is 1. The van der Waals surface area contributed by atoms with E-state index in [1.54, 1.807) is 0 Å². The standard InChI is InChI=1S/C25H43BO/c1-5-18-17-25(26)21-12-11-19(9-8-16-27-4)23(21,2)15-13-22(25)24(3)14-7-6-10-20(18)24/h18-22H,5-17H2,1-4H3/t18-,19?,20?,21?,22+,23?,24?,25?/m0/s1. The van der Waals surface area contributed by atoms with Gasteiger partial charge in [-0.05, 0) is 91.8 Å². The molecule has 152 valence electrons. The second-order valence-corrected chi connectivity index (χ2v) is 11.4. The second-order valence-electron chi connectivity index (χ2n) is 11.4. The van der Waals surface area contributed by atoms with Gasteiger partial charge in [-0.1, -0.05) is 51.8 Å². The molecule has 6 unspecified atom stereocenters. The van der Waals surface area contributed by atoms with Crippen molar-refractivity contribution in [1.82, 2.24) is 0 Å². The van der Waals surface area contributed by atoms with Crippen LogP contribution in [0.3, 0.4) is 0 Å². The molecular formula is C25H43BO. The molecule has 0 amide bonds. The van der Waals surface area contributed by atoms with Crippen LogP contribution < -0.4 is 0 Å². The van der Waals surface area contributed by atoms with Crippen LogP contribution in [-0.2, 0) is 4.74 Å². The smallest absolute Gasteiger partial charge is 0.0754 e. The van der Waals surface area contributed by atoms with Crippen LogP contribution in [0.1, 0.15) is 97.8 Å².